The third-order valence-electron chi connectivity index (χ3n) is 4.76. The number of nitrogens with zero attached hydrogens (tertiary/aromatic N) is 4. The lowest BCUT2D eigenvalue weighted by molar-refractivity contribution is -0.119. The van der Waals surface area contributed by atoms with Crippen molar-refractivity contribution in [3.05, 3.63) is 42.1 Å². The number of pyridine rings is 1. The van der Waals surface area contributed by atoms with E-state index in [0.717, 1.165) is 42.5 Å². The summed E-state index contributed by atoms with van der Waals surface area (Å²) in [6.45, 7) is 3.65. The van der Waals surface area contributed by atoms with Gasteiger partial charge in [0.25, 0.3) is 0 Å². The zero-order chi connectivity index (χ0) is 17.9. The topological polar surface area (TPSA) is 80.2 Å². The van der Waals surface area contributed by atoms with Gasteiger partial charge in [0.1, 0.15) is 23.5 Å². The summed E-state index contributed by atoms with van der Waals surface area (Å²) in [5.41, 5.74) is 0.937. The van der Waals surface area contributed by atoms with Gasteiger partial charge in [0.05, 0.1) is 12.7 Å². The Morgan fingerprint density at radius 3 is 3.00 bits per heavy atom. The van der Waals surface area contributed by atoms with Crippen LogP contribution < -0.4 is 15.0 Å². The van der Waals surface area contributed by atoms with E-state index in [0.29, 0.717) is 12.5 Å². The van der Waals surface area contributed by atoms with E-state index in [1.54, 1.807) is 12.4 Å². The van der Waals surface area contributed by atoms with E-state index in [1.165, 1.54) is 19.8 Å². The zero-order valence-corrected chi connectivity index (χ0v) is 14.9. The number of aromatic nitrogens is 3. The van der Waals surface area contributed by atoms with Gasteiger partial charge in [0, 0.05) is 50.3 Å². The van der Waals surface area contributed by atoms with E-state index < -0.39 is 0 Å². The van der Waals surface area contributed by atoms with Crippen molar-refractivity contribution in [1.82, 2.24) is 20.3 Å². The average molecular weight is 353 g/mol. The Bertz CT molecular complexity index is 793. The van der Waals surface area contributed by atoms with E-state index in [-0.39, 0.29) is 12.0 Å². The van der Waals surface area contributed by atoms with Gasteiger partial charge in [-0.1, -0.05) is 0 Å². The fourth-order valence-electron chi connectivity index (χ4n) is 3.17. The third-order valence-corrected chi connectivity index (χ3v) is 4.76. The van der Waals surface area contributed by atoms with Gasteiger partial charge in [-0.15, -0.1) is 0 Å². The minimum atomic E-state index is -0.0602. The predicted molar refractivity (Wildman–Crippen MR) is 97.0 cm³/mol. The van der Waals surface area contributed by atoms with Gasteiger partial charge in [-0.25, -0.2) is 9.97 Å². The summed E-state index contributed by atoms with van der Waals surface area (Å²) in [6.07, 6.45) is 8.70. The molecule has 0 radical (unpaired) electrons. The summed E-state index contributed by atoms with van der Waals surface area (Å²) in [7, 11) is 0. The maximum absolute atomic E-state index is 11.2. The molecule has 0 bridgehead atoms. The number of nitrogens with one attached hydrogen (secondary N) is 1. The summed E-state index contributed by atoms with van der Waals surface area (Å²) in [5, 5.41) is 2.81. The number of rotatable bonds is 6. The van der Waals surface area contributed by atoms with Crippen LogP contribution in [0.5, 0.6) is 5.75 Å². The molecule has 2 aliphatic rings. The van der Waals surface area contributed by atoms with Crippen LogP contribution in [0.15, 0.2) is 30.7 Å². The fourth-order valence-corrected chi connectivity index (χ4v) is 3.17. The molecule has 3 heterocycles. The largest absolute Gasteiger partial charge is 0.487 e. The van der Waals surface area contributed by atoms with Crippen LogP contribution in [-0.4, -0.2) is 40.1 Å². The highest BCUT2D eigenvalue weighted by Crippen LogP contribution is 2.38. The molecule has 1 amide bonds. The van der Waals surface area contributed by atoms with Crippen LogP contribution in [0.3, 0.4) is 0 Å². The summed E-state index contributed by atoms with van der Waals surface area (Å²) < 4.78 is 6.18. The Balaban J connectivity index is 1.40. The lowest BCUT2D eigenvalue weighted by Crippen LogP contribution is -2.26. The first kappa shape index (κ1) is 16.8. The third kappa shape index (κ3) is 3.92. The fraction of sp³-hybridized carbons (Fsp3) is 0.474. The first-order valence-electron chi connectivity index (χ1n) is 9.11. The standard InChI is InChI=1S/C19H23N5O2/c1-13(25)22-10-15-4-7-20-11-17(15)26-16-6-9-24(12-16)18-5-8-21-19(23-18)14-2-3-14/h4-5,7-8,11,14,16H,2-3,6,9-10,12H2,1H3,(H,22,25)/t16-/m0/s1. The number of carbonyl (C=O) groups excluding carboxylic acids is 1. The smallest absolute Gasteiger partial charge is 0.217 e. The van der Waals surface area contributed by atoms with E-state index >= 15 is 0 Å². The number of carbonyl (C=O) groups is 1. The quantitative estimate of drug-likeness (QED) is 0.856. The second-order valence-corrected chi connectivity index (χ2v) is 6.91. The summed E-state index contributed by atoms with van der Waals surface area (Å²) in [4.78, 5) is 26.7. The van der Waals surface area contributed by atoms with Gasteiger partial charge >= 0.3 is 0 Å². The molecule has 1 saturated carbocycles. The first-order chi connectivity index (χ1) is 12.7. The monoisotopic (exact) mass is 353 g/mol. The molecule has 26 heavy (non-hydrogen) atoms. The van der Waals surface area contributed by atoms with Crippen molar-refractivity contribution in [3.8, 4) is 5.75 Å². The van der Waals surface area contributed by atoms with Crippen molar-refractivity contribution in [1.29, 1.82) is 0 Å². The molecule has 136 valence electrons. The van der Waals surface area contributed by atoms with Crippen LogP contribution >= 0.6 is 0 Å². The molecule has 0 aromatic carbocycles. The Kier molecular flexibility index (Phi) is 4.69. The zero-order valence-electron chi connectivity index (χ0n) is 14.9. The van der Waals surface area contributed by atoms with Crippen molar-refractivity contribution in [2.24, 2.45) is 0 Å². The molecular weight excluding hydrogens is 330 g/mol. The normalized spacial score (nSPS) is 19.4. The minimum Gasteiger partial charge on any atom is -0.487 e. The molecule has 4 rings (SSSR count). The van der Waals surface area contributed by atoms with E-state index in [2.05, 4.69) is 20.2 Å². The van der Waals surface area contributed by atoms with Crippen LogP contribution in [0.25, 0.3) is 0 Å². The van der Waals surface area contributed by atoms with Crippen molar-refractivity contribution < 1.29 is 9.53 Å². The molecule has 1 aliphatic heterocycles. The van der Waals surface area contributed by atoms with E-state index in [9.17, 15) is 4.79 Å². The molecule has 0 unspecified atom stereocenters. The Morgan fingerprint density at radius 1 is 1.31 bits per heavy atom. The molecule has 1 atom stereocenters. The lowest BCUT2D eigenvalue weighted by atomic mass is 10.2. The molecule has 7 heteroatoms. The van der Waals surface area contributed by atoms with Gasteiger partial charge in [0.2, 0.25) is 5.91 Å². The maximum atomic E-state index is 11.2. The van der Waals surface area contributed by atoms with Crippen LogP contribution in [0, 0.1) is 0 Å². The average Bonchev–Trinajstić information content (AvgIpc) is 3.40. The molecule has 0 spiro atoms. The maximum Gasteiger partial charge on any atom is 0.217 e. The predicted octanol–water partition coefficient (Wildman–Crippen LogP) is 2.04. The minimum absolute atomic E-state index is 0.0602. The van der Waals surface area contributed by atoms with Gasteiger partial charge in [0.15, 0.2) is 0 Å². The molecule has 1 saturated heterocycles. The van der Waals surface area contributed by atoms with Gasteiger partial charge in [-0.05, 0) is 25.0 Å². The van der Waals surface area contributed by atoms with Gasteiger partial charge in [-0.3, -0.25) is 9.78 Å². The van der Waals surface area contributed by atoms with Crippen molar-refractivity contribution in [2.45, 2.75) is 44.8 Å². The second-order valence-electron chi connectivity index (χ2n) is 6.91. The Labute approximate surface area is 152 Å². The first-order valence-corrected chi connectivity index (χ1v) is 9.11. The molecule has 7 nitrogen and oxygen atoms in total. The molecule has 1 N–H and O–H groups in total. The number of ether oxygens (including phenoxy) is 1. The molecule has 2 aromatic heterocycles. The number of amides is 1. The van der Waals surface area contributed by atoms with E-state index in [1.807, 2.05) is 18.3 Å². The van der Waals surface area contributed by atoms with Crippen LogP contribution in [0.2, 0.25) is 0 Å². The van der Waals surface area contributed by atoms with Gasteiger partial charge < -0.3 is 15.0 Å². The highest BCUT2D eigenvalue weighted by molar-refractivity contribution is 5.72. The van der Waals surface area contributed by atoms with Crippen LogP contribution in [0.1, 0.15) is 43.5 Å². The van der Waals surface area contributed by atoms with Gasteiger partial charge in [-0.2, -0.15) is 0 Å². The van der Waals surface area contributed by atoms with Crippen molar-refractivity contribution in [2.75, 3.05) is 18.0 Å². The molecule has 2 fully saturated rings. The highest BCUT2D eigenvalue weighted by atomic mass is 16.5. The van der Waals surface area contributed by atoms with Crippen molar-refractivity contribution >= 4 is 11.7 Å². The lowest BCUT2D eigenvalue weighted by Gasteiger charge is -2.19. The highest BCUT2D eigenvalue weighted by Gasteiger charge is 2.29. The summed E-state index contributed by atoms with van der Waals surface area (Å²) >= 11 is 0. The van der Waals surface area contributed by atoms with Crippen LogP contribution in [0.4, 0.5) is 5.82 Å². The molecule has 2 aromatic rings. The number of hydrogen-bond donors (Lipinski definition) is 1. The SMILES string of the molecule is CC(=O)NCc1ccncc1O[C@H]1CCN(c2ccnc(C3CC3)n2)C1. The number of anilines is 1. The van der Waals surface area contributed by atoms with Crippen LogP contribution in [-0.2, 0) is 11.3 Å². The Hall–Kier alpha value is -2.70. The van der Waals surface area contributed by atoms with E-state index in [4.69, 9.17) is 9.72 Å². The molecular formula is C19H23N5O2. The summed E-state index contributed by atoms with van der Waals surface area (Å²) in [5.74, 6) is 3.18. The second kappa shape index (κ2) is 7.27. The summed E-state index contributed by atoms with van der Waals surface area (Å²) in [6, 6.07) is 3.85. The number of hydrogen-bond acceptors (Lipinski definition) is 6. The Morgan fingerprint density at radius 2 is 2.19 bits per heavy atom. The van der Waals surface area contributed by atoms with Crippen molar-refractivity contribution in [3.63, 3.8) is 0 Å². The molecule has 1 aliphatic carbocycles.